The zero-order chi connectivity index (χ0) is 14.6. The average molecular weight is 293 g/mol. The fourth-order valence-electron chi connectivity index (χ4n) is 1.84. The van der Waals surface area contributed by atoms with Crippen LogP contribution < -0.4 is 5.32 Å². The molecule has 0 atom stereocenters. The van der Waals surface area contributed by atoms with E-state index < -0.39 is 5.60 Å². The van der Waals surface area contributed by atoms with E-state index in [9.17, 15) is 4.79 Å². The Morgan fingerprint density at radius 3 is 2.70 bits per heavy atom. The highest BCUT2D eigenvalue weighted by molar-refractivity contribution is 8.00. The number of ether oxygens (including phenoxy) is 1. The Morgan fingerprint density at radius 1 is 1.35 bits per heavy atom. The highest BCUT2D eigenvalue weighted by atomic mass is 32.2. The highest BCUT2D eigenvalue weighted by Crippen LogP contribution is 2.25. The summed E-state index contributed by atoms with van der Waals surface area (Å²) in [4.78, 5) is 12.9. The molecule has 0 unspecified atom stereocenters. The molecule has 2 rings (SSSR count). The molecule has 1 fully saturated rings. The van der Waals surface area contributed by atoms with Gasteiger partial charge in [-0.05, 0) is 45.2 Å². The fourth-order valence-corrected chi connectivity index (χ4v) is 2.67. The van der Waals surface area contributed by atoms with Gasteiger partial charge < -0.3 is 10.1 Å². The maximum absolute atomic E-state index is 11.8. The molecule has 1 saturated carbocycles. The summed E-state index contributed by atoms with van der Waals surface area (Å²) in [6.45, 7) is 6.55. The SMILES string of the molecule is CC(C)(C)OC(=O)CSc1ccccc1CNC1CC1. The van der Waals surface area contributed by atoms with Crippen LogP contribution in [-0.2, 0) is 16.1 Å². The minimum Gasteiger partial charge on any atom is -0.459 e. The summed E-state index contributed by atoms with van der Waals surface area (Å²) in [6, 6.07) is 8.93. The van der Waals surface area contributed by atoms with E-state index in [2.05, 4.69) is 17.4 Å². The molecule has 0 spiro atoms. The third-order valence-corrected chi connectivity index (χ3v) is 3.99. The number of rotatable bonds is 6. The molecule has 3 nitrogen and oxygen atoms in total. The molecular formula is C16H23NO2S. The minimum absolute atomic E-state index is 0.160. The van der Waals surface area contributed by atoms with E-state index in [0.29, 0.717) is 11.8 Å². The third-order valence-electron chi connectivity index (χ3n) is 2.90. The van der Waals surface area contributed by atoms with Crippen LogP contribution in [0.25, 0.3) is 0 Å². The summed E-state index contributed by atoms with van der Waals surface area (Å²) in [5, 5.41) is 3.51. The number of carbonyl (C=O) groups is 1. The van der Waals surface area contributed by atoms with Crippen LogP contribution in [-0.4, -0.2) is 23.4 Å². The van der Waals surface area contributed by atoms with Gasteiger partial charge in [-0.1, -0.05) is 18.2 Å². The van der Waals surface area contributed by atoms with Crippen molar-refractivity contribution >= 4 is 17.7 Å². The smallest absolute Gasteiger partial charge is 0.316 e. The zero-order valence-corrected chi connectivity index (χ0v) is 13.3. The quantitative estimate of drug-likeness (QED) is 0.644. The van der Waals surface area contributed by atoms with Gasteiger partial charge in [0, 0.05) is 17.5 Å². The van der Waals surface area contributed by atoms with Gasteiger partial charge in [0.2, 0.25) is 0 Å². The number of esters is 1. The van der Waals surface area contributed by atoms with Gasteiger partial charge in [-0.15, -0.1) is 11.8 Å². The summed E-state index contributed by atoms with van der Waals surface area (Å²) in [5.74, 6) is 0.199. The molecule has 0 amide bonds. The molecule has 110 valence electrons. The van der Waals surface area contributed by atoms with Crippen molar-refractivity contribution in [3.05, 3.63) is 29.8 Å². The summed E-state index contributed by atoms with van der Waals surface area (Å²) in [5.41, 5.74) is 0.845. The van der Waals surface area contributed by atoms with Gasteiger partial charge in [0.25, 0.3) is 0 Å². The molecule has 1 aliphatic rings. The zero-order valence-electron chi connectivity index (χ0n) is 12.4. The van der Waals surface area contributed by atoms with Crippen LogP contribution in [0, 0.1) is 0 Å². The summed E-state index contributed by atoms with van der Waals surface area (Å²) < 4.78 is 5.33. The fraction of sp³-hybridized carbons (Fsp3) is 0.562. The van der Waals surface area contributed by atoms with Crippen LogP contribution in [0.1, 0.15) is 39.2 Å². The maximum Gasteiger partial charge on any atom is 0.316 e. The second kappa shape index (κ2) is 6.64. The maximum atomic E-state index is 11.8. The van der Waals surface area contributed by atoms with E-state index in [1.165, 1.54) is 18.4 Å². The van der Waals surface area contributed by atoms with E-state index in [0.717, 1.165) is 11.4 Å². The van der Waals surface area contributed by atoms with Crippen LogP contribution >= 0.6 is 11.8 Å². The highest BCUT2D eigenvalue weighted by Gasteiger charge is 2.21. The van der Waals surface area contributed by atoms with Crippen molar-refractivity contribution in [1.29, 1.82) is 0 Å². The number of carbonyl (C=O) groups excluding carboxylic acids is 1. The van der Waals surface area contributed by atoms with Crippen molar-refractivity contribution in [3.8, 4) is 0 Å². The van der Waals surface area contributed by atoms with Crippen LogP contribution in [0.2, 0.25) is 0 Å². The lowest BCUT2D eigenvalue weighted by atomic mass is 10.2. The van der Waals surface area contributed by atoms with Gasteiger partial charge in [-0.25, -0.2) is 0 Å². The largest absolute Gasteiger partial charge is 0.459 e. The predicted octanol–water partition coefficient (Wildman–Crippen LogP) is 3.37. The van der Waals surface area contributed by atoms with Crippen LogP contribution in [0.3, 0.4) is 0 Å². The minimum atomic E-state index is -0.412. The van der Waals surface area contributed by atoms with Gasteiger partial charge in [0.05, 0.1) is 5.75 Å². The Balaban J connectivity index is 1.86. The average Bonchev–Trinajstić information content (AvgIpc) is 3.17. The first-order valence-corrected chi connectivity index (χ1v) is 8.08. The normalized spacial score (nSPS) is 15.2. The van der Waals surface area contributed by atoms with E-state index in [1.54, 1.807) is 11.8 Å². The molecule has 1 aromatic rings. The number of hydrogen-bond acceptors (Lipinski definition) is 4. The van der Waals surface area contributed by atoms with Crippen molar-refractivity contribution in [1.82, 2.24) is 5.32 Å². The molecule has 1 aromatic carbocycles. The lowest BCUT2D eigenvalue weighted by molar-refractivity contribution is -0.151. The lowest BCUT2D eigenvalue weighted by Gasteiger charge is -2.19. The lowest BCUT2D eigenvalue weighted by Crippen LogP contribution is -2.25. The van der Waals surface area contributed by atoms with Gasteiger partial charge in [-0.3, -0.25) is 4.79 Å². The molecule has 0 radical (unpaired) electrons. The molecule has 0 bridgehead atoms. The monoisotopic (exact) mass is 293 g/mol. The standard InChI is InChI=1S/C16H23NO2S/c1-16(2,3)19-15(18)11-20-14-7-5-4-6-12(14)10-17-13-8-9-13/h4-7,13,17H,8-11H2,1-3H3. The van der Waals surface area contributed by atoms with Crippen molar-refractivity contribution in [3.63, 3.8) is 0 Å². The first kappa shape index (κ1) is 15.4. The summed E-state index contributed by atoms with van der Waals surface area (Å²) in [7, 11) is 0. The first-order chi connectivity index (χ1) is 9.44. The van der Waals surface area contributed by atoms with Crippen LogP contribution in [0.5, 0.6) is 0 Å². The first-order valence-electron chi connectivity index (χ1n) is 7.10. The van der Waals surface area contributed by atoms with E-state index in [-0.39, 0.29) is 5.97 Å². The molecule has 1 N–H and O–H groups in total. The van der Waals surface area contributed by atoms with Crippen molar-refractivity contribution in [2.24, 2.45) is 0 Å². The molecule has 0 heterocycles. The summed E-state index contributed by atoms with van der Waals surface area (Å²) >= 11 is 1.55. The topological polar surface area (TPSA) is 38.3 Å². The number of thioether (sulfide) groups is 1. The number of nitrogens with one attached hydrogen (secondary N) is 1. The molecule has 0 aromatic heterocycles. The van der Waals surface area contributed by atoms with Crippen molar-refractivity contribution < 1.29 is 9.53 Å². The Labute approximate surface area is 125 Å². The number of benzene rings is 1. The molecular weight excluding hydrogens is 270 g/mol. The third kappa shape index (κ3) is 5.55. The summed E-state index contributed by atoms with van der Waals surface area (Å²) in [6.07, 6.45) is 2.57. The van der Waals surface area contributed by atoms with Crippen LogP contribution in [0.15, 0.2) is 29.2 Å². The molecule has 20 heavy (non-hydrogen) atoms. The van der Waals surface area contributed by atoms with Gasteiger partial charge in [0.15, 0.2) is 0 Å². The molecule has 0 aliphatic heterocycles. The van der Waals surface area contributed by atoms with E-state index >= 15 is 0 Å². The van der Waals surface area contributed by atoms with E-state index in [1.807, 2.05) is 32.9 Å². The Morgan fingerprint density at radius 2 is 2.05 bits per heavy atom. The predicted molar refractivity (Wildman–Crippen MR) is 82.9 cm³/mol. The van der Waals surface area contributed by atoms with Crippen molar-refractivity contribution in [2.75, 3.05) is 5.75 Å². The Hall–Kier alpha value is -1.00. The van der Waals surface area contributed by atoms with E-state index in [4.69, 9.17) is 4.74 Å². The Bertz CT molecular complexity index is 464. The molecule has 0 saturated heterocycles. The number of hydrogen-bond donors (Lipinski definition) is 1. The second-order valence-corrected chi connectivity index (χ2v) is 7.16. The van der Waals surface area contributed by atoms with Gasteiger partial charge >= 0.3 is 5.97 Å². The molecule has 4 heteroatoms. The van der Waals surface area contributed by atoms with Gasteiger partial charge in [0.1, 0.15) is 5.60 Å². The molecule has 1 aliphatic carbocycles. The van der Waals surface area contributed by atoms with Crippen LogP contribution in [0.4, 0.5) is 0 Å². The van der Waals surface area contributed by atoms with Crippen molar-refractivity contribution in [2.45, 2.75) is 56.7 Å². The second-order valence-electron chi connectivity index (χ2n) is 6.14. The van der Waals surface area contributed by atoms with Gasteiger partial charge in [-0.2, -0.15) is 0 Å². The Kier molecular flexibility index (Phi) is 5.11.